The zero-order valence-corrected chi connectivity index (χ0v) is 17.4. The molecule has 2 amide bonds. The van der Waals surface area contributed by atoms with Gasteiger partial charge in [-0.3, -0.25) is 9.59 Å². The SMILES string of the molecule is CCN(CC)c1ccc(N(CCC(=O)N(C)Cc2ccccc2)C(C)=O)cc1. The maximum Gasteiger partial charge on any atom is 0.224 e. The van der Waals surface area contributed by atoms with E-state index in [1.54, 1.807) is 16.8 Å². The Morgan fingerprint density at radius 2 is 1.43 bits per heavy atom. The number of rotatable bonds is 9. The summed E-state index contributed by atoms with van der Waals surface area (Å²) < 4.78 is 0. The van der Waals surface area contributed by atoms with Gasteiger partial charge in [0.05, 0.1) is 0 Å². The summed E-state index contributed by atoms with van der Waals surface area (Å²) in [5.41, 5.74) is 3.05. The van der Waals surface area contributed by atoms with E-state index in [1.165, 1.54) is 6.92 Å². The zero-order chi connectivity index (χ0) is 20.5. The molecule has 0 spiro atoms. The van der Waals surface area contributed by atoms with Crippen LogP contribution in [-0.2, 0) is 16.1 Å². The van der Waals surface area contributed by atoms with Gasteiger partial charge in [0, 0.05) is 57.9 Å². The highest BCUT2D eigenvalue weighted by molar-refractivity contribution is 5.92. The Bertz CT molecular complexity index is 755. The van der Waals surface area contributed by atoms with Gasteiger partial charge in [-0.25, -0.2) is 0 Å². The topological polar surface area (TPSA) is 43.9 Å². The lowest BCUT2D eigenvalue weighted by atomic mass is 10.2. The van der Waals surface area contributed by atoms with Crippen LogP contribution < -0.4 is 9.80 Å². The number of nitrogens with zero attached hydrogens (tertiary/aromatic N) is 3. The lowest BCUT2D eigenvalue weighted by Crippen LogP contribution is -2.34. The molecule has 0 atom stereocenters. The van der Waals surface area contributed by atoms with Crippen molar-refractivity contribution in [3.8, 4) is 0 Å². The lowest BCUT2D eigenvalue weighted by molar-refractivity contribution is -0.130. The summed E-state index contributed by atoms with van der Waals surface area (Å²) in [6.07, 6.45) is 0.292. The van der Waals surface area contributed by atoms with Gasteiger partial charge in [0.25, 0.3) is 0 Å². The second-order valence-electron chi connectivity index (χ2n) is 6.84. The van der Waals surface area contributed by atoms with Crippen molar-refractivity contribution in [1.29, 1.82) is 0 Å². The highest BCUT2D eigenvalue weighted by Gasteiger charge is 2.16. The van der Waals surface area contributed by atoms with Crippen molar-refractivity contribution in [2.75, 3.05) is 36.5 Å². The van der Waals surface area contributed by atoms with Crippen molar-refractivity contribution in [3.63, 3.8) is 0 Å². The van der Waals surface area contributed by atoms with E-state index >= 15 is 0 Å². The molecule has 5 nitrogen and oxygen atoms in total. The predicted octanol–water partition coefficient (Wildman–Crippen LogP) is 3.93. The number of benzene rings is 2. The van der Waals surface area contributed by atoms with Crippen LogP contribution in [0, 0.1) is 0 Å². The number of carbonyl (C=O) groups excluding carboxylic acids is 2. The Hall–Kier alpha value is -2.82. The van der Waals surface area contributed by atoms with Gasteiger partial charge in [0.15, 0.2) is 0 Å². The van der Waals surface area contributed by atoms with Crippen molar-refractivity contribution in [2.45, 2.75) is 33.7 Å². The molecule has 2 aromatic rings. The minimum absolute atomic E-state index is 0.0230. The van der Waals surface area contributed by atoms with Gasteiger partial charge in [-0.15, -0.1) is 0 Å². The number of carbonyl (C=O) groups is 2. The fourth-order valence-electron chi connectivity index (χ4n) is 3.24. The first-order valence-corrected chi connectivity index (χ1v) is 9.87. The van der Waals surface area contributed by atoms with Crippen LogP contribution in [0.25, 0.3) is 0 Å². The summed E-state index contributed by atoms with van der Waals surface area (Å²) in [6.45, 7) is 8.60. The number of anilines is 2. The second kappa shape index (κ2) is 10.5. The summed E-state index contributed by atoms with van der Waals surface area (Å²) in [6, 6.07) is 17.9. The summed E-state index contributed by atoms with van der Waals surface area (Å²) in [7, 11) is 1.80. The Morgan fingerprint density at radius 1 is 0.857 bits per heavy atom. The van der Waals surface area contributed by atoms with Crippen LogP contribution in [0.15, 0.2) is 54.6 Å². The molecule has 0 radical (unpaired) electrons. The lowest BCUT2D eigenvalue weighted by Gasteiger charge is -2.25. The molecule has 2 rings (SSSR count). The number of amides is 2. The molecule has 0 saturated heterocycles. The van der Waals surface area contributed by atoms with Crippen LogP contribution >= 0.6 is 0 Å². The van der Waals surface area contributed by atoms with E-state index < -0.39 is 0 Å². The molecule has 0 unspecified atom stereocenters. The summed E-state index contributed by atoms with van der Waals surface area (Å²) >= 11 is 0. The van der Waals surface area contributed by atoms with Gasteiger partial charge in [0.2, 0.25) is 11.8 Å². The highest BCUT2D eigenvalue weighted by Crippen LogP contribution is 2.21. The van der Waals surface area contributed by atoms with Crippen LogP contribution in [-0.4, -0.2) is 43.4 Å². The Balaban J connectivity index is 1.99. The zero-order valence-electron chi connectivity index (χ0n) is 17.4. The molecule has 0 heterocycles. The summed E-state index contributed by atoms with van der Waals surface area (Å²) in [4.78, 5) is 30.3. The van der Waals surface area contributed by atoms with E-state index in [9.17, 15) is 9.59 Å². The second-order valence-corrected chi connectivity index (χ2v) is 6.84. The molecular formula is C23H31N3O2. The monoisotopic (exact) mass is 381 g/mol. The smallest absolute Gasteiger partial charge is 0.224 e. The van der Waals surface area contributed by atoms with Gasteiger partial charge >= 0.3 is 0 Å². The Kier molecular flexibility index (Phi) is 8.05. The van der Waals surface area contributed by atoms with Crippen LogP contribution in [0.2, 0.25) is 0 Å². The van der Waals surface area contributed by atoms with E-state index in [0.717, 1.165) is 30.0 Å². The molecular weight excluding hydrogens is 350 g/mol. The molecule has 0 aliphatic carbocycles. The van der Waals surface area contributed by atoms with E-state index in [2.05, 4.69) is 18.7 Å². The average Bonchev–Trinajstić information content (AvgIpc) is 2.70. The Labute approximate surface area is 168 Å². The maximum absolute atomic E-state index is 12.5. The number of hydrogen-bond donors (Lipinski definition) is 0. The van der Waals surface area contributed by atoms with Gasteiger partial charge in [-0.1, -0.05) is 30.3 Å². The van der Waals surface area contributed by atoms with E-state index in [0.29, 0.717) is 19.5 Å². The normalized spacial score (nSPS) is 10.4. The van der Waals surface area contributed by atoms with E-state index in [4.69, 9.17) is 0 Å². The molecule has 0 aliphatic heterocycles. The molecule has 5 heteroatoms. The standard InChI is InChI=1S/C23H31N3O2/c1-5-25(6-2)21-12-14-22(15-13-21)26(19(3)27)17-16-23(28)24(4)18-20-10-8-7-9-11-20/h7-15H,5-6,16-18H2,1-4H3. The first-order chi connectivity index (χ1) is 13.5. The van der Waals surface area contributed by atoms with Gasteiger partial charge in [0.1, 0.15) is 0 Å². The fourth-order valence-corrected chi connectivity index (χ4v) is 3.24. The molecule has 0 N–H and O–H groups in total. The molecule has 0 saturated carbocycles. The molecule has 0 fully saturated rings. The van der Waals surface area contributed by atoms with Gasteiger partial charge in [-0.2, -0.15) is 0 Å². The molecule has 0 aromatic heterocycles. The minimum atomic E-state index is -0.0610. The van der Waals surface area contributed by atoms with Crippen LogP contribution in [0.4, 0.5) is 11.4 Å². The summed E-state index contributed by atoms with van der Waals surface area (Å²) in [5, 5.41) is 0. The van der Waals surface area contributed by atoms with Crippen molar-refractivity contribution in [3.05, 3.63) is 60.2 Å². The van der Waals surface area contributed by atoms with Crippen molar-refractivity contribution in [2.24, 2.45) is 0 Å². The van der Waals surface area contributed by atoms with E-state index in [-0.39, 0.29) is 11.8 Å². The predicted molar refractivity (Wildman–Crippen MR) is 116 cm³/mol. The molecule has 2 aromatic carbocycles. The van der Waals surface area contributed by atoms with Gasteiger partial charge in [-0.05, 0) is 43.7 Å². The number of hydrogen-bond acceptors (Lipinski definition) is 3. The fraction of sp³-hybridized carbons (Fsp3) is 0.391. The third kappa shape index (κ3) is 5.84. The van der Waals surface area contributed by atoms with Crippen molar-refractivity contribution in [1.82, 2.24) is 4.90 Å². The first-order valence-electron chi connectivity index (χ1n) is 9.87. The van der Waals surface area contributed by atoms with Gasteiger partial charge < -0.3 is 14.7 Å². The molecule has 0 bridgehead atoms. The first kappa shape index (κ1) is 21.5. The average molecular weight is 382 g/mol. The Morgan fingerprint density at radius 3 is 1.96 bits per heavy atom. The van der Waals surface area contributed by atoms with Crippen LogP contribution in [0.1, 0.15) is 32.8 Å². The van der Waals surface area contributed by atoms with Crippen LogP contribution in [0.3, 0.4) is 0 Å². The third-order valence-electron chi connectivity index (χ3n) is 4.91. The summed E-state index contributed by atoms with van der Waals surface area (Å²) in [5.74, 6) is -0.0380. The molecule has 0 aliphatic rings. The maximum atomic E-state index is 12.5. The van der Waals surface area contributed by atoms with Crippen molar-refractivity contribution >= 4 is 23.2 Å². The highest BCUT2D eigenvalue weighted by atomic mass is 16.2. The van der Waals surface area contributed by atoms with E-state index in [1.807, 2.05) is 54.6 Å². The third-order valence-corrected chi connectivity index (χ3v) is 4.91. The molecule has 28 heavy (non-hydrogen) atoms. The minimum Gasteiger partial charge on any atom is -0.372 e. The largest absolute Gasteiger partial charge is 0.372 e. The quantitative estimate of drug-likeness (QED) is 0.661. The van der Waals surface area contributed by atoms with Crippen molar-refractivity contribution < 1.29 is 9.59 Å². The molecule has 150 valence electrons. The van der Waals surface area contributed by atoms with Crippen LogP contribution in [0.5, 0.6) is 0 Å².